The van der Waals surface area contributed by atoms with Crippen LogP contribution in [0.2, 0.25) is 5.02 Å². The van der Waals surface area contributed by atoms with E-state index in [1.807, 2.05) is 38.1 Å². The molecule has 1 aliphatic heterocycles. The first-order valence-corrected chi connectivity index (χ1v) is 12.2. The van der Waals surface area contributed by atoms with Gasteiger partial charge in [0.1, 0.15) is 0 Å². The van der Waals surface area contributed by atoms with Crippen molar-refractivity contribution in [3.05, 3.63) is 64.2 Å². The number of hydrogen-bond acceptors (Lipinski definition) is 4. The van der Waals surface area contributed by atoms with E-state index in [2.05, 4.69) is 4.90 Å². The van der Waals surface area contributed by atoms with Crippen molar-refractivity contribution in [2.75, 3.05) is 19.6 Å². The molecule has 1 heterocycles. The number of carboxylic acid groups (broad SMARTS) is 1. The normalized spacial score (nSPS) is 20.6. The Morgan fingerprint density at radius 1 is 1.10 bits per heavy atom. The van der Waals surface area contributed by atoms with E-state index >= 15 is 0 Å². The van der Waals surface area contributed by atoms with E-state index < -0.39 is 16.0 Å². The molecule has 3 rings (SSSR count). The third-order valence-electron chi connectivity index (χ3n) is 5.78. The Bertz CT molecular complexity index is 1030. The first kappa shape index (κ1) is 23.7. The lowest BCUT2D eigenvalue weighted by Crippen LogP contribution is -2.58. The highest BCUT2D eigenvalue weighted by atomic mass is 35.5. The van der Waals surface area contributed by atoms with Crippen LogP contribution in [0.1, 0.15) is 30.5 Å². The maximum Gasteiger partial charge on any atom is 0.307 e. The number of halogens is 1. The summed E-state index contributed by atoms with van der Waals surface area (Å²) in [6.45, 7) is 7.77. The first-order valence-electron chi connectivity index (χ1n) is 10.4. The van der Waals surface area contributed by atoms with Gasteiger partial charge in [0.15, 0.2) is 0 Å². The maximum atomic E-state index is 13.4. The molecule has 0 saturated carbocycles. The highest BCUT2D eigenvalue weighted by Crippen LogP contribution is 2.27. The second-order valence-electron chi connectivity index (χ2n) is 8.33. The molecule has 0 bridgehead atoms. The molecule has 8 heteroatoms. The Labute approximate surface area is 189 Å². The minimum absolute atomic E-state index is 0.155. The second-order valence-corrected chi connectivity index (χ2v) is 10.6. The fourth-order valence-corrected chi connectivity index (χ4v) is 6.28. The van der Waals surface area contributed by atoms with Crippen molar-refractivity contribution in [2.24, 2.45) is 0 Å². The summed E-state index contributed by atoms with van der Waals surface area (Å²) >= 11 is 5.95. The van der Waals surface area contributed by atoms with Gasteiger partial charge in [-0.1, -0.05) is 29.8 Å². The lowest BCUT2D eigenvalue weighted by molar-refractivity contribution is -0.136. The molecule has 1 N–H and O–H groups in total. The number of aryl methyl sites for hydroxylation is 1. The van der Waals surface area contributed by atoms with Crippen LogP contribution in [0.5, 0.6) is 0 Å². The summed E-state index contributed by atoms with van der Waals surface area (Å²) in [6, 6.07) is 12.2. The van der Waals surface area contributed by atoms with Gasteiger partial charge in [-0.05, 0) is 68.1 Å². The van der Waals surface area contributed by atoms with Gasteiger partial charge in [0, 0.05) is 36.7 Å². The Balaban J connectivity index is 1.73. The molecule has 2 atom stereocenters. The van der Waals surface area contributed by atoms with Gasteiger partial charge < -0.3 is 5.11 Å². The molecule has 0 radical (unpaired) electrons. The number of carboxylic acids is 1. The standard InChI is InChI=1S/C23H29ClN2O4S/c1-16-4-9-22(12-20(16)13-23(27)28)31(29,30)26-17(2)14-25(15-18(26)3)11-10-19-5-7-21(24)8-6-19/h4-9,12,17-18H,10-11,13-15H2,1-3H3,(H,27,28). The number of carbonyl (C=O) groups is 1. The second kappa shape index (κ2) is 9.69. The molecule has 31 heavy (non-hydrogen) atoms. The quantitative estimate of drug-likeness (QED) is 0.677. The van der Waals surface area contributed by atoms with E-state index in [0.29, 0.717) is 23.7 Å². The highest BCUT2D eigenvalue weighted by Gasteiger charge is 2.38. The maximum absolute atomic E-state index is 13.4. The zero-order chi connectivity index (χ0) is 22.8. The van der Waals surface area contributed by atoms with Crippen LogP contribution in [-0.4, -0.2) is 60.4 Å². The van der Waals surface area contributed by atoms with Crippen LogP contribution in [0.25, 0.3) is 0 Å². The van der Waals surface area contributed by atoms with Crippen LogP contribution in [0.3, 0.4) is 0 Å². The number of rotatable bonds is 7. The average molecular weight is 465 g/mol. The molecular formula is C23H29ClN2O4S. The topological polar surface area (TPSA) is 77.9 Å². The molecule has 2 aromatic carbocycles. The third-order valence-corrected chi connectivity index (χ3v) is 8.16. The van der Waals surface area contributed by atoms with Crippen LogP contribution >= 0.6 is 11.6 Å². The molecule has 0 spiro atoms. The summed E-state index contributed by atoms with van der Waals surface area (Å²) in [5.41, 5.74) is 2.50. The molecule has 2 aromatic rings. The highest BCUT2D eigenvalue weighted by molar-refractivity contribution is 7.89. The zero-order valence-electron chi connectivity index (χ0n) is 18.1. The van der Waals surface area contributed by atoms with Crippen LogP contribution in [0, 0.1) is 6.92 Å². The number of benzene rings is 2. The SMILES string of the molecule is Cc1ccc(S(=O)(=O)N2C(C)CN(CCc3ccc(Cl)cc3)CC2C)cc1CC(=O)O. The summed E-state index contributed by atoms with van der Waals surface area (Å²) in [4.78, 5) is 13.6. The first-order chi connectivity index (χ1) is 14.6. The van der Waals surface area contributed by atoms with Crippen LogP contribution < -0.4 is 0 Å². The van der Waals surface area contributed by atoms with Crippen molar-refractivity contribution < 1.29 is 18.3 Å². The zero-order valence-corrected chi connectivity index (χ0v) is 19.7. The number of aliphatic carboxylic acids is 1. The van der Waals surface area contributed by atoms with E-state index in [1.54, 1.807) is 23.4 Å². The van der Waals surface area contributed by atoms with Crippen LogP contribution in [-0.2, 0) is 27.7 Å². The Morgan fingerprint density at radius 2 is 1.71 bits per heavy atom. The summed E-state index contributed by atoms with van der Waals surface area (Å²) < 4.78 is 28.4. The van der Waals surface area contributed by atoms with Gasteiger partial charge in [-0.2, -0.15) is 4.31 Å². The molecule has 0 amide bonds. The summed E-state index contributed by atoms with van der Waals surface area (Å²) in [5.74, 6) is -0.978. The average Bonchev–Trinajstić information content (AvgIpc) is 2.68. The molecule has 168 valence electrons. The molecule has 1 aliphatic rings. The lowest BCUT2D eigenvalue weighted by atomic mass is 10.1. The number of sulfonamides is 1. The number of nitrogens with zero attached hydrogens (tertiary/aromatic N) is 2. The predicted molar refractivity (Wildman–Crippen MR) is 122 cm³/mol. The lowest BCUT2D eigenvalue weighted by Gasteiger charge is -2.43. The Morgan fingerprint density at radius 3 is 2.29 bits per heavy atom. The van der Waals surface area contributed by atoms with Gasteiger partial charge in [0.25, 0.3) is 0 Å². The van der Waals surface area contributed by atoms with E-state index in [4.69, 9.17) is 16.7 Å². The molecule has 0 aromatic heterocycles. The summed E-state index contributed by atoms with van der Waals surface area (Å²) in [7, 11) is -3.73. The van der Waals surface area contributed by atoms with Crippen molar-refractivity contribution in [2.45, 2.75) is 50.6 Å². The number of hydrogen-bond donors (Lipinski definition) is 1. The molecule has 1 saturated heterocycles. The Hall–Kier alpha value is -1.93. The largest absolute Gasteiger partial charge is 0.481 e. The summed E-state index contributed by atoms with van der Waals surface area (Å²) in [5, 5.41) is 9.84. The third kappa shape index (κ3) is 5.66. The van der Waals surface area contributed by atoms with Gasteiger partial charge in [0.05, 0.1) is 11.3 Å². The van der Waals surface area contributed by atoms with Crippen molar-refractivity contribution in [1.29, 1.82) is 0 Å². The van der Waals surface area contributed by atoms with E-state index in [0.717, 1.165) is 18.5 Å². The molecule has 6 nitrogen and oxygen atoms in total. The minimum atomic E-state index is -3.73. The van der Waals surface area contributed by atoms with Crippen molar-refractivity contribution in [1.82, 2.24) is 9.21 Å². The van der Waals surface area contributed by atoms with E-state index in [9.17, 15) is 13.2 Å². The van der Waals surface area contributed by atoms with Gasteiger partial charge in [0.2, 0.25) is 10.0 Å². The van der Waals surface area contributed by atoms with Gasteiger partial charge in [-0.25, -0.2) is 8.42 Å². The van der Waals surface area contributed by atoms with Crippen molar-refractivity contribution in [3.63, 3.8) is 0 Å². The van der Waals surface area contributed by atoms with Gasteiger partial charge in [-0.15, -0.1) is 0 Å². The van der Waals surface area contributed by atoms with Crippen molar-refractivity contribution >= 4 is 27.6 Å². The van der Waals surface area contributed by atoms with E-state index in [1.165, 1.54) is 11.6 Å². The molecule has 2 unspecified atom stereocenters. The monoisotopic (exact) mass is 464 g/mol. The van der Waals surface area contributed by atoms with Gasteiger partial charge >= 0.3 is 5.97 Å². The minimum Gasteiger partial charge on any atom is -0.481 e. The fourth-order valence-electron chi connectivity index (χ4n) is 4.30. The summed E-state index contributed by atoms with van der Waals surface area (Å²) in [6.07, 6.45) is 0.679. The van der Waals surface area contributed by atoms with Gasteiger partial charge in [-0.3, -0.25) is 9.69 Å². The smallest absolute Gasteiger partial charge is 0.307 e. The van der Waals surface area contributed by atoms with Crippen molar-refractivity contribution in [3.8, 4) is 0 Å². The predicted octanol–water partition coefficient (Wildman–Crippen LogP) is 3.60. The molecule has 1 fully saturated rings. The molecular weight excluding hydrogens is 436 g/mol. The Kier molecular flexibility index (Phi) is 7.42. The van der Waals surface area contributed by atoms with Crippen LogP contribution in [0.4, 0.5) is 0 Å². The fraction of sp³-hybridized carbons (Fsp3) is 0.435. The molecule has 0 aliphatic carbocycles. The van der Waals surface area contributed by atoms with Crippen LogP contribution in [0.15, 0.2) is 47.4 Å². The number of piperazine rings is 1. The van der Waals surface area contributed by atoms with E-state index in [-0.39, 0.29) is 23.4 Å².